The Morgan fingerprint density at radius 3 is 3.00 bits per heavy atom. The SMILES string of the molecule is CCn1ncc(Cl)c1C(F)C(=O)O. The Kier molecular flexibility index (Phi) is 2.87. The monoisotopic (exact) mass is 206 g/mol. The fourth-order valence-corrected chi connectivity index (χ4v) is 1.23. The molecule has 1 N–H and O–H groups in total. The molecule has 1 aromatic rings. The highest BCUT2D eigenvalue weighted by molar-refractivity contribution is 6.31. The van der Waals surface area contributed by atoms with Gasteiger partial charge in [-0.1, -0.05) is 11.6 Å². The predicted octanol–water partition coefficient (Wildman–Crippen LogP) is 1.65. The molecule has 0 saturated carbocycles. The number of nitrogens with zero attached hydrogens (tertiary/aromatic N) is 2. The number of aromatic nitrogens is 2. The van der Waals surface area contributed by atoms with Gasteiger partial charge in [-0.05, 0) is 6.92 Å². The molecule has 0 saturated heterocycles. The third-order valence-corrected chi connectivity index (χ3v) is 1.88. The highest BCUT2D eigenvalue weighted by Crippen LogP contribution is 2.25. The Labute approximate surface area is 78.9 Å². The van der Waals surface area contributed by atoms with Crippen molar-refractivity contribution >= 4 is 17.6 Å². The van der Waals surface area contributed by atoms with Gasteiger partial charge in [0, 0.05) is 6.54 Å². The number of hydrogen-bond donors (Lipinski definition) is 1. The summed E-state index contributed by atoms with van der Waals surface area (Å²) in [6.45, 7) is 2.11. The quantitative estimate of drug-likeness (QED) is 0.818. The van der Waals surface area contributed by atoms with E-state index in [9.17, 15) is 9.18 Å². The Hall–Kier alpha value is -1.10. The second kappa shape index (κ2) is 3.74. The van der Waals surface area contributed by atoms with Gasteiger partial charge in [-0.2, -0.15) is 5.10 Å². The number of carbonyl (C=O) groups is 1. The van der Waals surface area contributed by atoms with E-state index in [1.807, 2.05) is 0 Å². The lowest BCUT2D eigenvalue weighted by atomic mass is 10.3. The van der Waals surface area contributed by atoms with Gasteiger partial charge >= 0.3 is 5.97 Å². The van der Waals surface area contributed by atoms with Gasteiger partial charge in [-0.25, -0.2) is 9.18 Å². The standard InChI is InChI=1S/C7H8ClFN2O2/c1-2-11-6(4(8)3-10-11)5(9)7(12)13/h3,5H,2H2,1H3,(H,12,13). The van der Waals surface area contributed by atoms with Crippen molar-refractivity contribution in [1.82, 2.24) is 9.78 Å². The van der Waals surface area contributed by atoms with Crippen LogP contribution in [0, 0.1) is 0 Å². The van der Waals surface area contributed by atoms with Gasteiger partial charge in [0.2, 0.25) is 6.17 Å². The maximum Gasteiger partial charge on any atom is 0.344 e. The summed E-state index contributed by atoms with van der Waals surface area (Å²) in [6.07, 6.45) is -0.884. The molecule has 1 unspecified atom stereocenters. The molecule has 1 aromatic heterocycles. The van der Waals surface area contributed by atoms with E-state index in [0.717, 1.165) is 0 Å². The first-order chi connectivity index (χ1) is 6.07. The largest absolute Gasteiger partial charge is 0.479 e. The van der Waals surface area contributed by atoms with Crippen LogP contribution < -0.4 is 0 Å². The lowest BCUT2D eigenvalue weighted by Crippen LogP contribution is -2.12. The molecule has 4 nitrogen and oxygen atoms in total. The van der Waals surface area contributed by atoms with Gasteiger partial charge in [-0.3, -0.25) is 4.68 Å². The molecule has 0 amide bonds. The Bertz CT molecular complexity index is 326. The van der Waals surface area contributed by atoms with E-state index in [2.05, 4.69) is 5.10 Å². The number of hydrogen-bond acceptors (Lipinski definition) is 2. The first kappa shape index (κ1) is 9.98. The van der Waals surface area contributed by atoms with E-state index in [1.165, 1.54) is 10.9 Å². The number of halogens is 2. The molecule has 0 radical (unpaired) electrons. The third-order valence-electron chi connectivity index (χ3n) is 1.59. The van der Waals surface area contributed by atoms with Gasteiger partial charge in [0.15, 0.2) is 0 Å². The summed E-state index contributed by atoms with van der Waals surface area (Å²) in [6, 6.07) is 0. The Morgan fingerprint density at radius 2 is 2.54 bits per heavy atom. The molecular weight excluding hydrogens is 199 g/mol. The first-order valence-electron chi connectivity index (χ1n) is 3.66. The van der Waals surface area contributed by atoms with Crippen LogP contribution in [0.5, 0.6) is 0 Å². The number of aryl methyl sites for hydroxylation is 1. The van der Waals surface area contributed by atoms with Crippen molar-refractivity contribution in [1.29, 1.82) is 0 Å². The molecule has 1 heterocycles. The molecule has 6 heteroatoms. The summed E-state index contributed by atoms with van der Waals surface area (Å²) < 4.78 is 14.3. The van der Waals surface area contributed by atoms with E-state index in [0.29, 0.717) is 6.54 Å². The summed E-state index contributed by atoms with van der Waals surface area (Å²) >= 11 is 5.58. The average Bonchev–Trinajstić information content (AvgIpc) is 2.45. The minimum absolute atomic E-state index is 0.0387. The Balaban J connectivity index is 3.10. The summed E-state index contributed by atoms with van der Waals surface area (Å²) in [4.78, 5) is 10.3. The summed E-state index contributed by atoms with van der Waals surface area (Å²) in [5, 5.41) is 12.2. The van der Waals surface area contributed by atoms with Gasteiger partial charge in [-0.15, -0.1) is 0 Å². The second-order valence-electron chi connectivity index (χ2n) is 2.39. The minimum atomic E-state index is -2.12. The first-order valence-corrected chi connectivity index (χ1v) is 4.03. The number of alkyl halides is 1. The fourth-order valence-electron chi connectivity index (χ4n) is 0.993. The van der Waals surface area contributed by atoms with Crippen LogP contribution in [0.15, 0.2) is 6.20 Å². The highest BCUT2D eigenvalue weighted by Gasteiger charge is 2.25. The molecule has 0 aliphatic carbocycles. The number of rotatable bonds is 3. The Morgan fingerprint density at radius 1 is 1.92 bits per heavy atom. The maximum absolute atomic E-state index is 13.1. The van der Waals surface area contributed by atoms with Crippen LogP contribution in [-0.4, -0.2) is 20.9 Å². The molecule has 13 heavy (non-hydrogen) atoms. The molecule has 0 aromatic carbocycles. The van der Waals surface area contributed by atoms with Crippen LogP contribution in [0.3, 0.4) is 0 Å². The molecule has 0 fully saturated rings. The van der Waals surface area contributed by atoms with Gasteiger partial charge < -0.3 is 5.11 Å². The summed E-state index contributed by atoms with van der Waals surface area (Å²) in [5.74, 6) is -1.56. The minimum Gasteiger partial charge on any atom is -0.479 e. The van der Waals surface area contributed by atoms with Crippen LogP contribution in [-0.2, 0) is 11.3 Å². The van der Waals surface area contributed by atoms with Crippen LogP contribution in [0.25, 0.3) is 0 Å². The zero-order valence-corrected chi connectivity index (χ0v) is 7.62. The summed E-state index contributed by atoms with van der Waals surface area (Å²) in [5.41, 5.74) is -0.100. The zero-order valence-electron chi connectivity index (χ0n) is 6.87. The number of carboxylic acid groups (broad SMARTS) is 1. The molecule has 0 bridgehead atoms. The van der Waals surface area contributed by atoms with Gasteiger partial charge in [0.25, 0.3) is 0 Å². The van der Waals surface area contributed by atoms with Crippen molar-refractivity contribution in [2.45, 2.75) is 19.6 Å². The zero-order chi connectivity index (χ0) is 10.0. The van der Waals surface area contributed by atoms with Crippen molar-refractivity contribution < 1.29 is 14.3 Å². The molecule has 0 spiro atoms. The molecule has 1 atom stereocenters. The smallest absolute Gasteiger partial charge is 0.344 e. The van der Waals surface area contributed by atoms with E-state index in [-0.39, 0.29) is 10.7 Å². The normalized spacial score (nSPS) is 12.8. The van der Waals surface area contributed by atoms with Crippen molar-refractivity contribution in [2.24, 2.45) is 0 Å². The third kappa shape index (κ3) is 1.80. The molecule has 72 valence electrons. The van der Waals surface area contributed by atoms with Gasteiger partial charge in [0.1, 0.15) is 5.69 Å². The van der Waals surface area contributed by atoms with Crippen LogP contribution in [0.4, 0.5) is 4.39 Å². The maximum atomic E-state index is 13.1. The van der Waals surface area contributed by atoms with Crippen LogP contribution >= 0.6 is 11.6 Å². The van der Waals surface area contributed by atoms with E-state index in [1.54, 1.807) is 6.92 Å². The highest BCUT2D eigenvalue weighted by atomic mass is 35.5. The van der Waals surface area contributed by atoms with Crippen LogP contribution in [0.2, 0.25) is 5.02 Å². The molecule has 0 aliphatic rings. The van der Waals surface area contributed by atoms with Crippen molar-refractivity contribution in [3.05, 3.63) is 16.9 Å². The lowest BCUT2D eigenvalue weighted by Gasteiger charge is -2.06. The predicted molar refractivity (Wildman–Crippen MR) is 44.4 cm³/mol. The fraction of sp³-hybridized carbons (Fsp3) is 0.429. The van der Waals surface area contributed by atoms with E-state index < -0.39 is 12.1 Å². The lowest BCUT2D eigenvalue weighted by molar-refractivity contribution is -0.143. The molecular formula is C7H8ClFN2O2. The number of carboxylic acids is 1. The van der Waals surface area contributed by atoms with E-state index in [4.69, 9.17) is 16.7 Å². The van der Waals surface area contributed by atoms with Crippen LogP contribution in [0.1, 0.15) is 18.8 Å². The average molecular weight is 207 g/mol. The van der Waals surface area contributed by atoms with E-state index >= 15 is 0 Å². The van der Waals surface area contributed by atoms with Gasteiger partial charge in [0.05, 0.1) is 11.2 Å². The molecule has 0 aliphatic heterocycles. The van der Waals surface area contributed by atoms with Crippen molar-refractivity contribution in [2.75, 3.05) is 0 Å². The number of aliphatic carboxylic acids is 1. The summed E-state index contributed by atoms with van der Waals surface area (Å²) in [7, 11) is 0. The van der Waals surface area contributed by atoms with Crippen molar-refractivity contribution in [3.8, 4) is 0 Å². The second-order valence-corrected chi connectivity index (χ2v) is 2.80. The molecule has 1 rings (SSSR count). The topological polar surface area (TPSA) is 55.1 Å². The van der Waals surface area contributed by atoms with Crippen molar-refractivity contribution in [3.63, 3.8) is 0 Å².